The maximum atomic E-state index is 11.9. The lowest BCUT2D eigenvalue weighted by molar-refractivity contribution is 0.0315. The zero-order valence-corrected chi connectivity index (χ0v) is 13.6. The molecule has 0 heterocycles. The quantitative estimate of drug-likeness (QED) is 0.814. The number of sulfone groups is 1. The first-order chi connectivity index (χ1) is 8.76. The summed E-state index contributed by atoms with van der Waals surface area (Å²) in [7, 11) is -3.06. The van der Waals surface area contributed by atoms with Crippen LogP contribution < -0.4 is 5.32 Å². The van der Waals surface area contributed by atoms with Crippen molar-refractivity contribution >= 4 is 9.84 Å². The molecule has 1 fully saturated rings. The van der Waals surface area contributed by atoms with Gasteiger partial charge in [0.15, 0.2) is 9.84 Å². The third-order valence-electron chi connectivity index (χ3n) is 3.81. The average Bonchev–Trinajstić information content (AvgIpc) is 2.30. The molecule has 0 unspecified atom stereocenters. The summed E-state index contributed by atoms with van der Waals surface area (Å²) >= 11 is 0. The maximum absolute atomic E-state index is 11.9. The van der Waals surface area contributed by atoms with Gasteiger partial charge >= 0.3 is 0 Å². The van der Waals surface area contributed by atoms with Crippen molar-refractivity contribution in [3.63, 3.8) is 0 Å². The van der Waals surface area contributed by atoms with Crippen LogP contribution in [0.15, 0.2) is 0 Å². The lowest BCUT2D eigenvalue weighted by Crippen LogP contribution is -2.36. The van der Waals surface area contributed by atoms with Gasteiger partial charge in [-0.2, -0.15) is 0 Å². The fourth-order valence-corrected chi connectivity index (χ4v) is 3.28. The van der Waals surface area contributed by atoms with Crippen molar-refractivity contribution < 1.29 is 13.2 Å². The molecule has 0 aliphatic heterocycles. The molecule has 1 aliphatic rings. The van der Waals surface area contributed by atoms with Gasteiger partial charge < -0.3 is 10.1 Å². The molecule has 5 heteroatoms. The minimum absolute atomic E-state index is 0.129. The Balaban J connectivity index is 2.25. The van der Waals surface area contributed by atoms with Gasteiger partial charge in [0.2, 0.25) is 0 Å². The summed E-state index contributed by atoms with van der Waals surface area (Å²) in [6.45, 7) is 8.69. The molecule has 114 valence electrons. The van der Waals surface area contributed by atoms with E-state index in [0.29, 0.717) is 12.6 Å². The van der Waals surface area contributed by atoms with Crippen molar-refractivity contribution in [2.75, 3.05) is 18.9 Å². The van der Waals surface area contributed by atoms with Crippen molar-refractivity contribution in [2.45, 2.75) is 70.3 Å². The topological polar surface area (TPSA) is 55.4 Å². The van der Waals surface area contributed by atoms with Gasteiger partial charge in [0.1, 0.15) is 0 Å². The Bertz CT molecular complexity index is 351. The molecule has 1 saturated carbocycles. The van der Waals surface area contributed by atoms with E-state index >= 15 is 0 Å². The van der Waals surface area contributed by atoms with Crippen LogP contribution in [0, 0.1) is 0 Å². The molecular formula is C14H29NO3S. The van der Waals surface area contributed by atoms with E-state index in [1.54, 1.807) is 20.8 Å². The van der Waals surface area contributed by atoms with Gasteiger partial charge in [-0.3, -0.25) is 0 Å². The Kier molecular flexibility index (Phi) is 6.27. The van der Waals surface area contributed by atoms with Crippen molar-refractivity contribution in [3.8, 4) is 0 Å². The molecule has 0 spiro atoms. The first-order valence-corrected chi connectivity index (χ1v) is 8.99. The molecule has 0 aromatic rings. The Morgan fingerprint density at radius 3 is 2.21 bits per heavy atom. The molecule has 1 aliphatic carbocycles. The fraction of sp³-hybridized carbons (Fsp3) is 1.00. The molecule has 0 saturated heterocycles. The fourth-order valence-electron chi connectivity index (χ4n) is 2.35. The number of hydrogen-bond acceptors (Lipinski definition) is 4. The van der Waals surface area contributed by atoms with E-state index in [0.717, 1.165) is 32.2 Å². The lowest BCUT2D eigenvalue weighted by Gasteiger charge is -2.29. The van der Waals surface area contributed by atoms with Crippen molar-refractivity contribution in [2.24, 2.45) is 0 Å². The van der Waals surface area contributed by atoms with E-state index in [9.17, 15) is 8.42 Å². The molecule has 0 radical (unpaired) electrons. The number of hydrogen-bond donors (Lipinski definition) is 1. The van der Waals surface area contributed by atoms with Gasteiger partial charge in [0.25, 0.3) is 0 Å². The molecule has 0 aromatic heterocycles. The smallest absolute Gasteiger partial charge is 0.157 e. The normalized spacial score (nSPS) is 25.5. The summed E-state index contributed by atoms with van der Waals surface area (Å²) in [6, 6.07) is 0.614. The second-order valence-electron chi connectivity index (χ2n) is 6.33. The van der Waals surface area contributed by atoms with Crippen LogP contribution in [-0.4, -0.2) is 44.2 Å². The molecule has 4 nitrogen and oxygen atoms in total. The van der Waals surface area contributed by atoms with Crippen LogP contribution in [-0.2, 0) is 14.6 Å². The minimum Gasteiger partial charge on any atom is -0.377 e. The van der Waals surface area contributed by atoms with E-state index < -0.39 is 14.6 Å². The number of rotatable bonds is 6. The predicted octanol–water partition coefficient (Wildman–Crippen LogP) is 2.14. The number of nitrogens with one attached hydrogen (secondary N) is 1. The van der Waals surface area contributed by atoms with E-state index in [1.165, 1.54) is 0 Å². The highest BCUT2D eigenvalue weighted by molar-refractivity contribution is 7.92. The molecule has 1 rings (SSSR count). The summed E-state index contributed by atoms with van der Waals surface area (Å²) in [4.78, 5) is 0. The Morgan fingerprint density at radius 1 is 1.16 bits per heavy atom. The van der Waals surface area contributed by atoms with Crippen molar-refractivity contribution in [3.05, 3.63) is 0 Å². The third kappa shape index (κ3) is 5.40. The second kappa shape index (κ2) is 7.04. The summed E-state index contributed by atoms with van der Waals surface area (Å²) in [5.41, 5.74) is 0. The first-order valence-electron chi connectivity index (χ1n) is 7.33. The highest BCUT2D eigenvalue weighted by Gasteiger charge is 2.29. The van der Waals surface area contributed by atoms with Gasteiger partial charge in [0.05, 0.1) is 23.2 Å². The van der Waals surface area contributed by atoms with Gasteiger partial charge in [-0.25, -0.2) is 8.42 Å². The van der Waals surface area contributed by atoms with Crippen LogP contribution in [0.5, 0.6) is 0 Å². The zero-order valence-electron chi connectivity index (χ0n) is 12.7. The highest BCUT2D eigenvalue weighted by atomic mass is 32.2. The van der Waals surface area contributed by atoms with Crippen molar-refractivity contribution in [1.29, 1.82) is 0 Å². The van der Waals surface area contributed by atoms with Gasteiger partial charge in [-0.1, -0.05) is 6.92 Å². The van der Waals surface area contributed by atoms with E-state index in [1.807, 2.05) is 0 Å². The molecule has 1 N–H and O–H groups in total. The van der Waals surface area contributed by atoms with Gasteiger partial charge in [-0.05, 0) is 53.0 Å². The monoisotopic (exact) mass is 291 g/mol. The third-order valence-corrected chi connectivity index (χ3v) is 6.38. The largest absolute Gasteiger partial charge is 0.377 e. The SMILES string of the molecule is CCNC1CCC(OCCS(=O)(=O)C(C)(C)C)CC1. The molecule has 0 amide bonds. The maximum Gasteiger partial charge on any atom is 0.157 e. The molecule has 19 heavy (non-hydrogen) atoms. The Morgan fingerprint density at radius 2 is 1.74 bits per heavy atom. The average molecular weight is 291 g/mol. The Hall–Kier alpha value is -0.130. The molecule has 0 bridgehead atoms. The highest BCUT2D eigenvalue weighted by Crippen LogP contribution is 2.22. The second-order valence-corrected chi connectivity index (χ2v) is 9.20. The summed E-state index contributed by atoms with van der Waals surface area (Å²) < 4.78 is 28.9. The summed E-state index contributed by atoms with van der Waals surface area (Å²) in [6.07, 6.45) is 4.57. The predicted molar refractivity (Wildman–Crippen MR) is 79.2 cm³/mol. The number of ether oxygens (including phenoxy) is 1. The van der Waals surface area contributed by atoms with E-state index in [-0.39, 0.29) is 11.9 Å². The molecule has 0 atom stereocenters. The van der Waals surface area contributed by atoms with Crippen LogP contribution in [0.2, 0.25) is 0 Å². The Labute approximate surface area is 118 Å². The van der Waals surface area contributed by atoms with Gasteiger partial charge in [0, 0.05) is 6.04 Å². The molecular weight excluding hydrogens is 262 g/mol. The molecule has 0 aromatic carbocycles. The van der Waals surface area contributed by atoms with Crippen LogP contribution in [0.1, 0.15) is 53.4 Å². The first kappa shape index (κ1) is 16.9. The zero-order chi connectivity index (χ0) is 14.5. The van der Waals surface area contributed by atoms with Crippen LogP contribution in [0.3, 0.4) is 0 Å². The van der Waals surface area contributed by atoms with Crippen LogP contribution in [0.4, 0.5) is 0 Å². The standard InChI is InChI=1S/C14H29NO3S/c1-5-15-12-6-8-13(9-7-12)18-10-11-19(16,17)14(2,3)4/h12-13,15H,5-11H2,1-4H3. The van der Waals surface area contributed by atoms with Gasteiger partial charge in [-0.15, -0.1) is 0 Å². The lowest BCUT2D eigenvalue weighted by atomic mass is 9.93. The van der Waals surface area contributed by atoms with E-state index in [2.05, 4.69) is 12.2 Å². The van der Waals surface area contributed by atoms with Crippen LogP contribution >= 0.6 is 0 Å². The van der Waals surface area contributed by atoms with Crippen molar-refractivity contribution in [1.82, 2.24) is 5.32 Å². The minimum atomic E-state index is -3.06. The summed E-state index contributed by atoms with van der Waals surface area (Å²) in [5, 5.41) is 3.45. The van der Waals surface area contributed by atoms with Crippen LogP contribution in [0.25, 0.3) is 0 Å². The van der Waals surface area contributed by atoms with E-state index in [4.69, 9.17) is 4.74 Å². The summed E-state index contributed by atoms with van der Waals surface area (Å²) in [5.74, 6) is 0.129.